The molecule has 0 saturated carbocycles. The molecule has 0 spiro atoms. The third-order valence-electron chi connectivity index (χ3n) is 3.34. The summed E-state index contributed by atoms with van der Waals surface area (Å²) >= 11 is 0. The van der Waals surface area contributed by atoms with Crippen LogP contribution in [-0.2, 0) is 9.53 Å². The molecule has 6 heteroatoms. The monoisotopic (exact) mass is 349 g/mol. The molecule has 0 aliphatic carbocycles. The lowest BCUT2D eigenvalue weighted by Gasteiger charge is -2.21. The Balaban J connectivity index is 2.85. The lowest BCUT2D eigenvalue weighted by atomic mass is 10.0. The second-order valence-electron chi connectivity index (χ2n) is 6.89. The smallest absolute Gasteiger partial charge is 0.328 e. The molecule has 1 atom stereocenters. The molecule has 140 valence electrons. The van der Waals surface area contributed by atoms with Crippen molar-refractivity contribution in [2.75, 3.05) is 20.2 Å². The van der Waals surface area contributed by atoms with Crippen LogP contribution in [0.3, 0.4) is 0 Å². The third-order valence-corrected chi connectivity index (χ3v) is 3.34. The van der Waals surface area contributed by atoms with Crippen LogP contribution in [0.2, 0.25) is 0 Å². The van der Waals surface area contributed by atoms with Crippen molar-refractivity contribution >= 4 is 11.9 Å². The van der Waals surface area contributed by atoms with Crippen LogP contribution in [0.4, 0.5) is 0 Å². The number of hydrogen-bond donors (Lipinski definition) is 2. The highest BCUT2D eigenvalue weighted by Gasteiger charge is 2.17. The predicted octanol–water partition coefficient (Wildman–Crippen LogP) is 2.96. The minimum Gasteiger partial charge on any atom is -0.496 e. The summed E-state index contributed by atoms with van der Waals surface area (Å²) in [5.41, 5.74) is 1.67. The second-order valence-corrected chi connectivity index (χ2v) is 6.89. The first-order chi connectivity index (χ1) is 11.7. The molecular weight excluding hydrogens is 318 g/mol. The number of ether oxygens (including phenoxy) is 2. The fourth-order valence-corrected chi connectivity index (χ4v) is 2.31. The summed E-state index contributed by atoms with van der Waals surface area (Å²) in [5.74, 6) is 1.02. The molecule has 0 heterocycles. The van der Waals surface area contributed by atoms with E-state index >= 15 is 0 Å². The van der Waals surface area contributed by atoms with E-state index in [9.17, 15) is 4.79 Å². The van der Waals surface area contributed by atoms with E-state index in [-0.39, 0.29) is 18.6 Å². The van der Waals surface area contributed by atoms with E-state index in [0.717, 1.165) is 16.9 Å². The quantitative estimate of drug-likeness (QED) is 0.469. The molecule has 1 rings (SSSR count). The largest absolute Gasteiger partial charge is 0.496 e. The van der Waals surface area contributed by atoms with Crippen LogP contribution in [0.25, 0.3) is 0 Å². The van der Waals surface area contributed by atoms with Crippen LogP contribution in [0.15, 0.2) is 23.2 Å². The maximum atomic E-state index is 11.9. The highest BCUT2D eigenvalue weighted by atomic mass is 16.6. The topological polar surface area (TPSA) is 72.0 Å². The van der Waals surface area contributed by atoms with Crippen LogP contribution < -0.4 is 15.4 Å². The molecule has 0 amide bonds. The Morgan fingerprint density at radius 2 is 2.00 bits per heavy atom. The molecule has 0 aromatic heterocycles. The Morgan fingerprint density at radius 3 is 2.56 bits per heavy atom. The van der Waals surface area contributed by atoms with Gasteiger partial charge in [0.15, 0.2) is 5.96 Å². The number of benzene rings is 1. The first-order valence-electron chi connectivity index (χ1n) is 8.57. The number of esters is 1. The van der Waals surface area contributed by atoms with Crippen molar-refractivity contribution < 1.29 is 14.3 Å². The number of nitrogens with zero attached hydrogens (tertiary/aromatic N) is 1. The van der Waals surface area contributed by atoms with Crippen molar-refractivity contribution in [1.82, 2.24) is 10.6 Å². The molecule has 1 aromatic carbocycles. The highest BCUT2D eigenvalue weighted by Crippen LogP contribution is 2.25. The first-order valence-corrected chi connectivity index (χ1v) is 8.57. The highest BCUT2D eigenvalue weighted by molar-refractivity contribution is 5.83. The number of aliphatic imine (C=N–C) groups is 1. The summed E-state index contributed by atoms with van der Waals surface area (Å²) < 4.78 is 10.7. The van der Waals surface area contributed by atoms with Gasteiger partial charge in [-0.3, -0.25) is 4.79 Å². The van der Waals surface area contributed by atoms with E-state index < -0.39 is 5.60 Å². The van der Waals surface area contributed by atoms with Gasteiger partial charge in [-0.2, -0.15) is 0 Å². The first kappa shape index (κ1) is 20.8. The van der Waals surface area contributed by atoms with E-state index in [1.54, 1.807) is 7.11 Å². The Kier molecular flexibility index (Phi) is 7.74. The average Bonchev–Trinajstić information content (AvgIpc) is 2.51. The van der Waals surface area contributed by atoms with E-state index in [4.69, 9.17) is 9.47 Å². The molecular formula is C19H31N3O3. The van der Waals surface area contributed by atoms with E-state index in [1.165, 1.54) is 0 Å². The van der Waals surface area contributed by atoms with Gasteiger partial charge in [-0.05, 0) is 47.6 Å². The summed E-state index contributed by atoms with van der Waals surface area (Å²) in [6, 6.07) is 6.00. The lowest BCUT2D eigenvalue weighted by molar-refractivity contribution is -0.152. The number of aryl methyl sites for hydroxylation is 1. The zero-order chi connectivity index (χ0) is 19.0. The second kappa shape index (κ2) is 9.30. The standard InChI is InChI=1S/C19H31N3O3/c1-8-20-18(21-12-17(23)25-19(4,5)6)22-14(3)15-11-13(2)9-10-16(15)24-7/h9-11,14H,8,12H2,1-7H3,(H2,20,21,22). The Morgan fingerprint density at radius 1 is 1.32 bits per heavy atom. The summed E-state index contributed by atoms with van der Waals surface area (Å²) in [5, 5.41) is 6.45. The normalized spacial score (nSPS) is 13.2. The minimum absolute atomic E-state index is 0.0358. The number of nitrogens with one attached hydrogen (secondary N) is 2. The zero-order valence-electron chi connectivity index (χ0n) is 16.4. The predicted molar refractivity (Wildman–Crippen MR) is 101 cm³/mol. The number of carbonyl (C=O) groups excluding carboxylic acids is 1. The van der Waals surface area contributed by atoms with Crippen LogP contribution in [-0.4, -0.2) is 37.7 Å². The van der Waals surface area contributed by atoms with Gasteiger partial charge >= 0.3 is 5.97 Å². The molecule has 0 aliphatic heterocycles. The molecule has 0 saturated heterocycles. The fourth-order valence-electron chi connectivity index (χ4n) is 2.31. The van der Waals surface area contributed by atoms with Crippen LogP contribution in [0.5, 0.6) is 5.75 Å². The molecule has 0 bridgehead atoms. The van der Waals surface area contributed by atoms with Gasteiger partial charge in [-0.1, -0.05) is 17.7 Å². The molecule has 0 aliphatic rings. The van der Waals surface area contributed by atoms with Gasteiger partial charge in [-0.25, -0.2) is 4.99 Å². The maximum Gasteiger partial charge on any atom is 0.328 e. The molecule has 0 radical (unpaired) electrons. The molecule has 0 fully saturated rings. The van der Waals surface area contributed by atoms with E-state index in [1.807, 2.05) is 53.7 Å². The summed E-state index contributed by atoms with van der Waals surface area (Å²) in [6.45, 7) is 12.2. The SMILES string of the molecule is CCNC(=NCC(=O)OC(C)(C)C)NC(C)c1cc(C)ccc1OC. The Bertz CT molecular complexity index is 606. The third kappa shape index (κ3) is 7.45. The Hall–Kier alpha value is -2.24. The van der Waals surface area contributed by atoms with Gasteiger partial charge in [0, 0.05) is 12.1 Å². The van der Waals surface area contributed by atoms with Crippen LogP contribution in [0, 0.1) is 6.92 Å². The molecule has 1 unspecified atom stereocenters. The molecule has 6 nitrogen and oxygen atoms in total. The van der Waals surface area contributed by atoms with Gasteiger partial charge in [0.25, 0.3) is 0 Å². The van der Waals surface area contributed by atoms with Crippen molar-refractivity contribution in [2.24, 2.45) is 4.99 Å². The minimum atomic E-state index is -0.513. The Labute approximate surface area is 151 Å². The summed E-state index contributed by atoms with van der Waals surface area (Å²) in [7, 11) is 1.66. The average molecular weight is 349 g/mol. The zero-order valence-corrected chi connectivity index (χ0v) is 16.4. The number of rotatable bonds is 6. The van der Waals surface area contributed by atoms with Crippen LogP contribution in [0.1, 0.15) is 51.8 Å². The van der Waals surface area contributed by atoms with Gasteiger partial charge in [0.05, 0.1) is 13.2 Å². The van der Waals surface area contributed by atoms with Crippen molar-refractivity contribution in [1.29, 1.82) is 0 Å². The van der Waals surface area contributed by atoms with Gasteiger partial charge in [0.1, 0.15) is 17.9 Å². The van der Waals surface area contributed by atoms with Crippen molar-refractivity contribution in [2.45, 2.75) is 53.2 Å². The lowest BCUT2D eigenvalue weighted by Crippen LogP contribution is -2.39. The summed E-state index contributed by atoms with van der Waals surface area (Å²) in [6.07, 6.45) is 0. The van der Waals surface area contributed by atoms with Crippen molar-refractivity contribution in [3.63, 3.8) is 0 Å². The number of carbonyl (C=O) groups is 1. The fraction of sp³-hybridized carbons (Fsp3) is 0.579. The summed E-state index contributed by atoms with van der Waals surface area (Å²) in [4.78, 5) is 16.2. The molecule has 2 N–H and O–H groups in total. The number of hydrogen-bond acceptors (Lipinski definition) is 4. The van der Waals surface area contributed by atoms with Crippen molar-refractivity contribution in [3.05, 3.63) is 29.3 Å². The van der Waals surface area contributed by atoms with Gasteiger partial charge in [-0.15, -0.1) is 0 Å². The maximum absolute atomic E-state index is 11.9. The van der Waals surface area contributed by atoms with Gasteiger partial charge < -0.3 is 20.1 Å². The number of methoxy groups -OCH3 is 1. The van der Waals surface area contributed by atoms with Crippen molar-refractivity contribution in [3.8, 4) is 5.75 Å². The van der Waals surface area contributed by atoms with E-state index in [0.29, 0.717) is 12.5 Å². The molecule has 1 aromatic rings. The number of guanidine groups is 1. The molecule has 25 heavy (non-hydrogen) atoms. The van der Waals surface area contributed by atoms with Crippen LogP contribution >= 0.6 is 0 Å². The van der Waals surface area contributed by atoms with E-state index in [2.05, 4.69) is 21.7 Å². The van der Waals surface area contributed by atoms with Gasteiger partial charge in [0.2, 0.25) is 0 Å².